The van der Waals surface area contributed by atoms with Crippen LogP contribution in [0, 0.1) is 0 Å². The van der Waals surface area contributed by atoms with Gasteiger partial charge in [-0.05, 0) is 19.3 Å². The van der Waals surface area contributed by atoms with Crippen LogP contribution in [-0.4, -0.2) is 16.7 Å². The van der Waals surface area contributed by atoms with Crippen molar-refractivity contribution in [2.75, 3.05) is 0 Å². The first-order valence-electron chi connectivity index (χ1n) is 2.07. The molecule has 0 amide bonds. The fraction of sp³-hybridized carbons (Fsp3) is 1.00. The van der Waals surface area contributed by atoms with Gasteiger partial charge < -0.3 is 10.6 Å². The monoisotopic (exact) mass is 90.1 g/mol. The summed E-state index contributed by atoms with van der Waals surface area (Å²) in [5.41, 5.74) is 0. The van der Waals surface area contributed by atoms with Gasteiger partial charge in [0.15, 0.2) is 0 Å². The summed E-state index contributed by atoms with van der Waals surface area (Å²) in [6.07, 6.45) is 3.39. The van der Waals surface area contributed by atoms with Gasteiger partial charge in [0.05, 0.1) is 6.10 Å². The molecular weight excluding hydrogens is 80.0 g/mol. The molecular formula is C4H10O2. The van der Waals surface area contributed by atoms with Crippen LogP contribution in [0.25, 0.3) is 0 Å². The second kappa shape index (κ2) is 2.16. The predicted octanol–water partition coefficient (Wildman–Crippen LogP) is -0.294. The zero-order valence-electron chi connectivity index (χ0n) is 3.65. The van der Waals surface area contributed by atoms with Gasteiger partial charge >= 0.3 is 0 Å². The number of aliphatic hydroxyl groups excluding tert-OH is 1. The summed E-state index contributed by atoms with van der Waals surface area (Å²) in [5, 5.41) is 8.45. The molecule has 2 heteroatoms. The number of hydrogen-bond acceptors (Lipinski definition) is 1. The molecule has 1 fully saturated rings. The lowest BCUT2D eigenvalue weighted by molar-refractivity contribution is 0.0950. The Morgan fingerprint density at radius 1 is 1.33 bits per heavy atom. The maximum Gasteiger partial charge on any atom is 0.0540 e. The van der Waals surface area contributed by atoms with Crippen molar-refractivity contribution in [3.63, 3.8) is 0 Å². The smallest absolute Gasteiger partial charge is 0.0540 e. The third-order valence-corrected chi connectivity index (χ3v) is 1.07. The zero-order valence-corrected chi connectivity index (χ0v) is 3.65. The van der Waals surface area contributed by atoms with Gasteiger partial charge in [-0.1, -0.05) is 0 Å². The molecule has 0 heterocycles. The van der Waals surface area contributed by atoms with Crippen LogP contribution in [0.4, 0.5) is 0 Å². The maximum absolute atomic E-state index is 8.45. The van der Waals surface area contributed by atoms with E-state index in [1.165, 1.54) is 6.42 Å². The Morgan fingerprint density at radius 3 is 1.67 bits per heavy atom. The molecule has 0 aromatic rings. The van der Waals surface area contributed by atoms with E-state index in [1.807, 2.05) is 0 Å². The largest absolute Gasteiger partial charge is 0.412 e. The van der Waals surface area contributed by atoms with Gasteiger partial charge in [-0.15, -0.1) is 0 Å². The van der Waals surface area contributed by atoms with Crippen molar-refractivity contribution < 1.29 is 10.6 Å². The van der Waals surface area contributed by atoms with Gasteiger partial charge in [0.2, 0.25) is 0 Å². The molecule has 0 aromatic carbocycles. The summed E-state index contributed by atoms with van der Waals surface area (Å²) >= 11 is 0. The summed E-state index contributed by atoms with van der Waals surface area (Å²) < 4.78 is 0. The third-order valence-electron chi connectivity index (χ3n) is 1.07. The SMILES string of the molecule is O.OC1CCC1. The van der Waals surface area contributed by atoms with Crippen LogP contribution >= 0.6 is 0 Å². The highest BCUT2D eigenvalue weighted by molar-refractivity contribution is 4.65. The molecule has 0 atom stereocenters. The van der Waals surface area contributed by atoms with Crippen molar-refractivity contribution in [2.24, 2.45) is 0 Å². The van der Waals surface area contributed by atoms with Crippen LogP contribution in [-0.2, 0) is 0 Å². The zero-order chi connectivity index (χ0) is 3.70. The second-order valence-electron chi connectivity index (χ2n) is 1.58. The minimum absolute atomic E-state index is 0. The number of rotatable bonds is 0. The topological polar surface area (TPSA) is 51.7 Å². The Balaban J connectivity index is 0.000000250. The second-order valence-corrected chi connectivity index (χ2v) is 1.58. The molecule has 6 heavy (non-hydrogen) atoms. The van der Waals surface area contributed by atoms with Crippen molar-refractivity contribution in [1.82, 2.24) is 0 Å². The summed E-state index contributed by atoms with van der Waals surface area (Å²) in [5.74, 6) is 0. The fourth-order valence-electron chi connectivity index (χ4n) is 0.387. The summed E-state index contributed by atoms with van der Waals surface area (Å²) in [6.45, 7) is 0. The first-order valence-corrected chi connectivity index (χ1v) is 2.07. The van der Waals surface area contributed by atoms with Crippen LogP contribution in [0.5, 0.6) is 0 Å². The van der Waals surface area contributed by atoms with Crippen molar-refractivity contribution in [1.29, 1.82) is 0 Å². The van der Waals surface area contributed by atoms with E-state index in [1.54, 1.807) is 0 Å². The average Bonchev–Trinajstić information content (AvgIpc) is 1.30. The van der Waals surface area contributed by atoms with Crippen LogP contribution in [0.15, 0.2) is 0 Å². The minimum Gasteiger partial charge on any atom is -0.412 e. The average molecular weight is 90.1 g/mol. The predicted molar refractivity (Wildman–Crippen MR) is 23.5 cm³/mol. The van der Waals surface area contributed by atoms with Gasteiger partial charge in [0.1, 0.15) is 0 Å². The van der Waals surface area contributed by atoms with Crippen LogP contribution < -0.4 is 0 Å². The number of hydrogen-bond donors (Lipinski definition) is 1. The van der Waals surface area contributed by atoms with Gasteiger partial charge in [-0.2, -0.15) is 0 Å². The lowest BCUT2D eigenvalue weighted by atomic mass is 9.97. The van der Waals surface area contributed by atoms with Gasteiger partial charge in [-0.3, -0.25) is 0 Å². The highest BCUT2D eigenvalue weighted by Gasteiger charge is 2.11. The lowest BCUT2D eigenvalue weighted by Crippen LogP contribution is -2.15. The van der Waals surface area contributed by atoms with Crippen molar-refractivity contribution in [3.8, 4) is 0 Å². The van der Waals surface area contributed by atoms with E-state index in [4.69, 9.17) is 5.11 Å². The van der Waals surface area contributed by atoms with E-state index in [0.29, 0.717) is 0 Å². The van der Waals surface area contributed by atoms with E-state index in [-0.39, 0.29) is 11.6 Å². The molecule has 0 aromatic heterocycles. The minimum atomic E-state index is 0. The Kier molecular flexibility index (Phi) is 2.13. The van der Waals surface area contributed by atoms with E-state index in [2.05, 4.69) is 0 Å². The number of aliphatic hydroxyl groups is 1. The molecule has 0 unspecified atom stereocenters. The van der Waals surface area contributed by atoms with Crippen LogP contribution in [0.2, 0.25) is 0 Å². The molecule has 1 saturated carbocycles. The molecule has 0 radical (unpaired) electrons. The Labute approximate surface area is 37.1 Å². The van der Waals surface area contributed by atoms with E-state index in [0.717, 1.165) is 12.8 Å². The molecule has 3 N–H and O–H groups in total. The molecule has 2 nitrogen and oxygen atoms in total. The lowest BCUT2D eigenvalue weighted by Gasteiger charge is -2.17. The quantitative estimate of drug-likeness (QED) is 0.436. The molecule has 1 rings (SSSR count). The highest BCUT2D eigenvalue weighted by atomic mass is 16.3. The van der Waals surface area contributed by atoms with Crippen molar-refractivity contribution >= 4 is 0 Å². The first-order chi connectivity index (χ1) is 2.39. The first kappa shape index (κ1) is 5.92. The van der Waals surface area contributed by atoms with E-state index < -0.39 is 0 Å². The standard InChI is InChI=1S/C4H8O.H2O/c5-4-2-1-3-4;/h4-5H,1-3H2;1H2. The van der Waals surface area contributed by atoms with Gasteiger partial charge in [0.25, 0.3) is 0 Å². The third kappa shape index (κ3) is 0.954. The van der Waals surface area contributed by atoms with Crippen LogP contribution in [0.1, 0.15) is 19.3 Å². The van der Waals surface area contributed by atoms with E-state index in [9.17, 15) is 0 Å². The molecule has 38 valence electrons. The summed E-state index contributed by atoms with van der Waals surface area (Å²) in [6, 6.07) is 0. The molecule has 0 saturated heterocycles. The highest BCUT2D eigenvalue weighted by Crippen LogP contribution is 2.16. The van der Waals surface area contributed by atoms with Crippen LogP contribution in [0.3, 0.4) is 0 Å². The van der Waals surface area contributed by atoms with Gasteiger partial charge in [-0.25, -0.2) is 0 Å². The maximum atomic E-state index is 8.45. The van der Waals surface area contributed by atoms with E-state index >= 15 is 0 Å². The van der Waals surface area contributed by atoms with Gasteiger partial charge in [0, 0.05) is 0 Å². The Hall–Kier alpha value is -0.0800. The van der Waals surface area contributed by atoms with Crippen molar-refractivity contribution in [3.05, 3.63) is 0 Å². The fourth-order valence-corrected chi connectivity index (χ4v) is 0.387. The Morgan fingerprint density at radius 2 is 1.67 bits per heavy atom. The van der Waals surface area contributed by atoms with Crippen molar-refractivity contribution in [2.45, 2.75) is 25.4 Å². The summed E-state index contributed by atoms with van der Waals surface area (Å²) in [7, 11) is 0. The Bertz CT molecular complexity index is 32.5. The molecule has 0 aliphatic heterocycles. The molecule has 1 aliphatic carbocycles. The molecule has 1 aliphatic rings. The summed E-state index contributed by atoms with van der Waals surface area (Å²) in [4.78, 5) is 0. The molecule has 0 spiro atoms. The normalized spacial score (nSPS) is 21.5. The molecule has 0 bridgehead atoms.